The zero-order chi connectivity index (χ0) is 26.5. The SMILES string of the molecule is Cc1cccc(S(=O)(=O)N2CCC3=Cc4c(cnn4-c4ccc(F)cc4)C[C@]3(C(=O)c3ncccn3)C2)c1. The number of aryl methyl sites for hydroxylation is 1. The number of carbonyl (C=O) groups is 1. The molecule has 0 amide bonds. The van der Waals surface area contributed by atoms with Gasteiger partial charge in [0.2, 0.25) is 15.8 Å². The number of hydrogen-bond donors (Lipinski definition) is 0. The molecule has 0 unspecified atom stereocenters. The maximum atomic E-state index is 14.1. The largest absolute Gasteiger partial charge is 0.290 e. The molecular formula is C28H24FN5O3S. The number of carbonyl (C=O) groups excluding carboxylic acids is 1. The third-order valence-corrected chi connectivity index (χ3v) is 9.12. The number of rotatable bonds is 5. The summed E-state index contributed by atoms with van der Waals surface area (Å²) in [5.74, 6) is -0.626. The van der Waals surface area contributed by atoms with Crippen LogP contribution in [0.2, 0.25) is 0 Å². The van der Waals surface area contributed by atoms with Gasteiger partial charge in [-0.25, -0.2) is 27.5 Å². The zero-order valence-electron chi connectivity index (χ0n) is 20.6. The summed E-state index contributed by atoms with van der Waals surface area (Å²) in [6.07, 6.45) is 7.22. The van der Waals surface area contributed by atoms with Crippen LogP contribution >= 0.6 is 0 Å². The zero-order valence-corrected chi connectivity index (χ0v) is 21.4. The van der Waals surface area contributed by atoms with Gasteiger partial charge in [-0.05, 0) is 79.4 Å². The Kier molecular flexibility index (Phi) is 5.81. The molecule has 1 fully saturated rings. The smallest absolute Gasteiger partial charge is 0.243 e. The Balaban J connectivity index is 1.45. The predicted molar refractivity (Wildman–Crippen MR) is 139 cm³/mol. The molecule has 0 spiro atoms. The molecule has 3 heterocycles. The molecule has 0 N–H and O–H groups in total. The summed E-state index contributed by atoms with van der Waals surface area (Å²) in [6, 6.07) is 14.4. The number of ketones is 1. The Morgan fingerprint density at radius 3 is 2.55 bits per heavy atom. The molecule has 2 aromatic heterocycles. The van der Waals surface area contributed by atoms with Crippen molar-refractivity contribution in [3.05, 3.63) is 107 Å². The summed E-state index contributed by atoms with van der Waals surface area (Å²) < 4.78 is 44.0. The van der Waals surface area contributed by atoms with E-state index in [0.717, 1.165) is 22.4 Å². The standard InChI is InChI=1S/C28H24FN5O3S/c1-19-4-2-5-24(14-19)38(36,37)33-13-10-21-15-25-20(17-32-34(25)23-8-6-22(29)7-9-23)16-28(21,18-33)26(35)27-30-11-3-12-31-27/h2-9,11-12,14-15,17H,10,13,16,18H2,1H3/t28-/m0/s1. The molecule has 6 rings (SSSR count). The molecule has 0 bridgehead atoms. The van der Waals surface area contributed by atoms with Crippen molar-refractivity contribution in [2.45, 2.75) is 24.7 Å². The third-order valence-electron chi connectivity index (χ3n) is 7.28. The highest BCUT2D eigenvalue weighted by Gasteiger charge is 2.51. The van der Waals surface area contributed by atoms with Crippen LogP contribution in [-0.4, -0.2) is 51.3 Å². The number of piperidine rings is 1. The van der Waals surface area contributed by atoms with Gasteiger partial charge in [-0.2, -0.15) is 9.40 Å². The number of halogens is 1. The van der Waals surface area contributed by atoms with E-state index in [9.17, 15) is 17.6 Å². The molecule has 1 aliphatic heterocycles. The first-order valence-corrected chi connectivity index (χ1v) is 13.6. The van der Waals surface area contributed by atoms with Crippen molar-refractivity contribution in [1.29, 1.82) is 0 Å². The summed E-state index contributed by atoms with van der Waals surface area (Å²) in [6.45, 7) is 2.04. The molecule has 1 saturated heterocycles. The first kappa shape index (κ1) is 24.3. The molecule has 0 radical (unpaired) electrons. The van der Waals surface area contributed by atoms with Crippen molar-refractivity contribution in [1.82, 2.24) is 24.1 Å². The molecule has 0 saturated carbocycles. The topological polar surface area (TPSA) is 98.1 Å². The van der Waals surface area contributed by atoms with Crippen molar-refractivity contribution in [3.63, 3.8) is 0 Å². The van der Waals surface area contributed by atoms with Crippen LogP contribution in [0.5, 0.6) is 0 Å². The fourth-order valence-corrected chi connectivity index (χ4v) is 6.97. The fourth-order valence-electron chi connectivity index (χ4n) is 5.36. The van der Waals surface area contributed by atoms with Gasteiger partial charge in [0, 0.05) is 25.5 Å². The van der Waals surface area contributed by atoms with Crippen molar-refractivity contribution < 1.29 is 17.6 Å². The maximum absolute atomic E-state index is 14.1. The van der Waals surface area contributed by atoms with Crippen LogP contribution in [0.1, 0.15) is 33.9 Å². The number of sulfonamides is 1. The second-order valence-electron chi connectivity index (χ2n) is 9.68. The van der Waals surface area contributed by atoms with Crippen molar-refractivity contribution in [2.75, 3.05) is 13.1 Å². The fraction of sp³-hybridized carbons (Fsp3) is 0.214. The van der Waals surface area contributed by atoms with E-state index in [0.29, 0.717) is 12.1 Å². The van der Waals surface area contributed by atoms with E-state index in [1.54, 1.807) is 47.3 Å². The molecule has 10 heteroatoms. The lowest BCUT2D eigenvalue weighted by Gasteiger charge is -2.44. The van der Waals surface area contributed by atoms with E-state index < -0.39 is 15.4 Å². The Hall–Kier alpha value is -4.02. The number of fused-ring (bicyclic) bond motifs is 2. The Morgan fingerprint density at radius 1 is 1.05 bits per heavy atom. The van der Waals surface area contributed by atoms with Gasteiger partial charge in [0.15, 0.2) is 5.82 Å². The minimum Gasteiger partial charge on any atom is -0.290 e. The second kappa shape index (κ2) is 9.07. The van der Waals surface area contributed by atoms with Gasteiger partial charge in [0.05, 0.1) is 27.9 Å². The van der Waals surface area contributed by atoms with Crippen LogP contribution in [0.15, 0.2) is 83.7 Å². The first-order valence-electron chi connectivity index (χ1n) is 12.2. The second-order valence-corrected chi connectivity index (χ2v) is 11.6. The van der Waals surface area contributed by atoms with Crippen LogP contribution < -0.4 is 0 Å². The predicted octanol–water partition coefficient (Wildman–Crippen LogP) is 4.01. The van der Waals surface area contributed by atoms with Crippen LogP contribution in [0.25, 0.3) is 11.8 Å². The average Bonchev–Trinajstić information content (AvgIpc) is 3.34. The number of Topliss-reactive ketones (excluding diaryl/α,β-unsaturated/α-hetero) is 1. The van der Waals surface area contributed by atoms with E-state index >= 15 is 0 Å². The van der Waals surface area contributed by atoms with Gasteiger partial charge >= 0.3 is 0 Å². The lowest BCUT2D eigenvalue weighted by atomic mass is 9.66. The molecule has 2 aromatic carbocycles. The van der Waals surface area contributed by atoms with Crippen LogP contribution in [-0.2, 0) is 16.4 Å². The third kappa shape index (κ3) is 3.97. The monoisotopic (exact) mass is 529 g/mol. The Bertz CT molecular complexity index is 1680. The van der Waals surface area contributed by atoms with Gasteiger partial charge in [0.25, 0.3) is 0 Å². The van der Waals surface area contributed by atoms with Crippen LogP contribution in [0.3, 0.4) is 0 Å². The summed E-state index contributed by atoms with van der Waals surface area (Å²) in [4.78, 5) is 22.7. The minimum atomic E-state index is -3.85. The maximum Gasteiger partial charge on any atom is 0.243 e. The van der Waals surface area contributed by atoms with Crippen molar-refractivity contribution >= 4 is 21.9 Å². The van der Waals surface area contributed by atoms with Crippen molar-refractivity contribution in [3.8, 4) is 5.69 Å². The minimum absolute atomic E-state index is 0.0344. The van der Waals surface area contributed by atoms with Gasteiger partial charge in [0.1, 0.15) is 5.82 Å². The van der Waals surface area contributed by atoms with E-state index in [1.165, 1.54) is 28.8 Å². The van der Waals surface area contributed by atoms with Crippen molar-refractivity contribution in [2.24, 2.45) is 5.41 Å². The highest BCUT2D eigenvalue weighted by atomic mass is 32.2. The van der Waals surface area contributed by atoms with E-state index in [1.807, 2.05) is 19.1 Å². The van der Waals surface area contributed by atoms with Gasteiger partial charge in [-0.1, -0.05) is 17.7 Å². The quantitative estimate of drug-likeness (QED) is 0.363. The highest BCUT2D eigenvalue weighted by Crippen LogP contribution is 2.47. The molecule has 2 aliphatic rings. The molecule has 4 aromatic rings. The highest BCUT2D eigenvalue weighted by molar-refractivity contribution is 7.89. The molecular weight excluding hydrogens is 505 g/mol. The molecule has 8 nitrogen and oxygen atoms in total. The molecule has 192 valence electrons. The lowest BCUT2D eigenvalue weighted by molar-refractivity contribution is 0.0764. The summed E-state index contributed by atoms with van der Waals surface area (Å²) in [5.41, 5.74) is 2.73. The van der Waals surface area contributed by atoms with E-state index in [2.05, 4.69) is 15.1 Å². The summed E-state index contributed by atoms with van der Waals surface area (Å²) in [7, 11) is -3.85. The van der Waals surface area contributed by atoms with Gasteiger partial charge in [-0.3, -0.25) is 4.79 Å². The summed E-state index contributed by atoms with van der Waals surface area (Å²) >= 11 is 0. The molecule has 38 heavy (non-hydrogen) atoms. The van der Waals surface area contributed by atoms with E-state index in [4.69, 9.17) is 0 Å². The molecule has 1 aliphatic carbocycles. The van der Waals surface area contributed by atoms with Gasteiger partial charge < -0.3 is 0 Å². The Labute approximate surface area is 219 Å². The first-order chi connectivity index (χ1) is 18.3. The average molecular weight is 530 g/mol. The van der Waals surface area contributed by atoms with Crippen LogP contribution in [0, 0.1) is 18.2 Å². The van der Waals surface area contributed by atoms with Gasteiger partial charge in [-0.15, -0.1) is 0 Å². The molecule has 1 atom stereocenters. The number of benzene rings is 2. The number of hydrogen-bond acceptors (Lipinski definition) is 6. The lowest BCUT2D eigenvalue weighted by Crippen LogP contribution is -2.53. The number of nitrogens with zero attached hydrogens (tertiary/aromatic N) is 5. The van der Waals surface area contributed by atoms with E-state index in [-0.39, 0.29) is 41.8 Å². The number of aromatic nitrogens is 4. The summed E-state index contributed by atoms with van der Waals surface area (Å²) in [5, 5.41) is 4.52. The normalized spacial score (nSPS) is 19.4. The Morgan fingerprint density at radius 2 is 1.82 bits per heavy atom. The van der Waals surface area contributed by atoms with Crippen LogP contribution in [0.4, 0.5) is 4.39 Å².